The van der Waals surface area contributed by atoms with Crippen molar-refractivity contribution in [3.63, 3.8) is 0 Å². The number of rotatable bonds is 4. The number of hydrogen-bond donors (Lipinski definition) is 2. The van der Waals surface area contributed by atoms with Crippen LogP contribution in [0.2, 0.25) is 0 Å². The molecular formula is C13H10N4O3. The topological polar surface area (TPSA) is 105 Å². The summed E-state index contributed by atoms with van der Waals surface area (Å²) in [5.74, 6) is -1.59. The lowest BCUT2D eigenvalue weighted by Crippen LogP contribution is -2.19. The smallest absolute Gasteiger partial charge is 0.336 e. The van der Waals surface area contributed by atoms with Crippen LogP contribution in [0.3, 0.4) is 0 Å². The van der Waals surface area contributed by atoms with E-state index in [4.69, 9.17) is 5.11 Å². The van der Waals surface area contributed by atoms with Gasteiger partial charge in [-0.1, -0.05) is 18.2 Å². The van der Waals surface area contributed by atoms with Gasteiger partial charge in [-0.15, -0.1) is 0 Å². The van der Waals surface area contributed by atoms with Crippen LogP contribution in [0, 0.1) is 0 Å². The first kappa shape index (κ1) is 13.3. The Labute approximate surface area is 114 Å². The van der Waals surface area contributed by atoms with Crippen LogP contribution in [0.1, 0.15) is 26.4 Å². The molecule has 0 fully saturated rings. The molecule has 0 radical (unpaired) electrons. The monoisotopic (exact) mass is 270 g/mol. The normalized spacial score (nSPS) is 10.4. The summed E-state index contributed by atoms with van der Waals surface area (Å²) in [5, 5.41) is 12.7. The minimum Gasteiger partial charge on any atom is -0.478 e. The number of nitrogens with one attached hydrogen (secondary N) is 1. The maximum absolute atomic E-state index is 11.6. The maximum atomic E-state index is 11.6. The minimum absolute atomic E-state index is 0.102. The highest BCUT2D eigenvalue weighted by atomic mass is 16.4. The van der Waals surface area contributed by atoms with E-state index in [1.54, 1.807) is 18.2 Å². The number of carbonyl (C=O) groups excluding carboxylic acids is 1. The molecular weight excluding hydrogens is 260 g/mol. The molecule has 1 amide bonds. The van der Waals surface area contributed by atoms with Gasteiger partial charge in [0.1, 0.15) is 5.69 Å². The van der Waals surface area contributed by atoms with Gasteiger partial charge in [0.2, 0.25) is 0 Å². The quantitative estimate of drug-likeness (QED) is 0.635. The Morgan fingerprint density at radius 3 is 2.75 bits per heavy atom. The van der Waals surface area contributed by atoms with Gasteiger partial charge in [0, 0.05) is 18.0 Å². The van der Waals surface area contributed by atoms with Crippen molar-refractivity contribution in [2.45, 2.75) is 0 Å². The molecule has 7 nitrogen and oxygen atoms in total. The van der Waals surface area contributed by atoms with Gasteiger partial charge in [-0.3, -0.25) is 9.78 Å². The molecule has 0 atom stereocenters. The van der Waals surface area contributed by atoms with E-state index in [0.29, 0.717) is 5.56 Å². The number of nitrogens with zero attached hydrogens (tertiary/aromatic N) is 3. The van der Waals surface area contributed by atoms with Crippen LogP contribution < -0.4 is 5.43 Å². The van der Waals surface area contributed by atoms with Gasteiger partial charge < -0.3 is 5.11 Å². The summed E-state index contributed by atoms with van der Waals surface area (Å²) in [4.78, 5) is 30.1. The summed E-state index contributed by atoms with van der Waals surface area (Å²) in [6.45, 7) is 0. The molecule has 1 aromatic carbocycles. The Hall–Kier alpha value is -3.09. The van der Waals surface area contributed by atoms with Crippen molar-refractivity contribution >= 4 is 18.1 Å². The second-order valence-electron chi connectivity index (χ2n) is 3.68. The molecule has 0 unspecified atom stereocenters. The lowest BCUT2D eigenvalue weighted by molar-refractivity contribution is 0.0696. The summed E-state index contributed by atoms with van der Waals surface area (Å²) >= 11 is 0. The molecule has 2 N–H and O–H groups in total. The fourth-order valence-electron chi connectivity index (χ4n) is 1.44. The number of aromatic nitrogens is 2. The highest BCUT2D eigenvalue weighted by Crippen LogP contribution is 2.05. The Kier molecular flexibility index (Phi) is 4.13. The number of hydrogen-bond acceptors (Lipinski definition) is 5. The van der Waals surface area contributed by atoms with E-state index in [0.717, 1.165) is 0 Å². The van der Waals surface area contributed by atoms with Crippen LogP contribution in [0.25, 0.3) is 0 Å². The minimum atomic E-state index is -1.06. The van der Waals surface area contributed by atoms with Gasteiger partial charge >= 0.3 is 5.97 Å². The van der Waals surface area contributed by atoms with Crippen molar-refractivity contribution in [3.8, 4) is 0 Å². The number of amides is 1. The van der Waals surface area contributed by atoms with Crippen molar-refractivity contribution in [3.05, 3.63) is 59.7 Å². The van der Waals surface area contributed by atoms with E-state index in [9.17, 15) is 9.59 Å². The third-order valence-corrected chi connectivity index (χ3v) is 2.36. The fourth-order valence-corrected chi connectivity index (χ4v) is 1.44. The van der Waals surface area contributed by atoms with Crippen LogP contribution >= 0.6 is 0 Å². The Balaban J connectivity index is 2.08. The van der Waals surface area contributed by atoms with E-state index >= 15 is 0 Å². The van der Waals surface area contributed by atoms with Crippen LogP contribution in [0.5, 0.6) is 0 Å². The number of carboxylic acid groups (broad SMARTS) is 1. The molecule has 7 heteroatoms. The number of hydrazone groups is 1. The average molecular weight is 270 g/mol. The van der Waals surface area contributed by atoms with Crippen LogP contribution in [-0.4, -0.2) is 33.2 Å². The van der Waals surface area contributed by atoms with Crippen molar-refractivity contribution in [2.75, 3.05) is 0 Å². The molecule has 100 valence electrons. The predicted octanol–water partition coefficient (Wildman–Crippen LogP) is 0.939. The molecule has 20 heavy (non-hydrogen) atoms. The molecule has 1 heterocycles. The molecule has 1 aromatic heterocycles. The first-order valence-corrected chi connectivity index (χ1v) is 5.60. The number of aromatic carboxylic acids is 1. The van der Waals surface area contributed by atoms with Gasteiger partial charge in [-0.05, 0) is 6.07 Å². The van der Waals surface area contributed by atoms with E-state index in [2.05, 4.69) is 20.5 Å². The Morgan fingerprint density at radius 2 is 2.05 bits per heavy atom. The number of carboxylic acids is 1. The lowest BCUT2D eigenvalue weighted by atomic mass is 10.1. The molecule has 0 aliphatic rings. The molecule has 0 spiro atoms. The molecule has 2 rings (SSSR count). The van der Waals surface area contributed by atoms with Gasteiger partial charge in [-0.2, -0.15) is 5.10 Å². The Morgan fingerprint density at radius 1 is 1.25 bits per heavy atom. The van der Waals surface area contributed by atoms with Crippen molar-refractivity contribution in [1.82, 2.24) is 15.4 Å². The van der Waals surface area contributed by atoms with E-state index in [1.165, 1.54) is 30.9 Å². The number of carbonyl (C=O) groups is 2. The third kappa shape index (κ3) is 3.22. The largest absolute Gasteiger partial charge is 0.478 e. The average Bonchev–Trinajstić information content (AvgIpc) is 2.48. The zero-order valence-corrected chi connectivity index (χ0v) is 10.2. The molecule has 2 aromatic rings. The highest BCUT2D eigenvalue weighted by Gasteiger charge is 2.07. The molecule has 0 saturated heterocycles. The lowest BCUT2D eigenvalue weighted by Gasteiger charge is -2.00. The van der Waals surface area contributed by atoms with Crippen molar-refractivity contribution < 1.29 is 14.7 Å². The predicted molar refractivity (Wildman–Crippen MR) is 70.5 cm³/mol. The third-order valence-electron chi connectivity index (χ3n) is 2.36. The zero-order chi connectivity index (χ0) is 14.4. The first-order valence-electron chi connectivity index (χ1n) is 5.60. The zero-order valence-electron chi connectivity index (χ0n) is 10.2. The standard InChI is InChI=1S/C13H10N4O3/c18-12(11-8-14-5-6-15-11)17-16-7-9-3-1-2-4-10(9)13(19)20/h1-8H,(H,17,18)(H,19,20). The summed E-state index contributed by atoms with van der Waals surface area (Å²) in [5.41, 5.74) is 2.86. The van der Waals surface area contributed by atoms with E-state index in [-0.39, 0.29) is 11.3 Å². The SMILES string of the molecule is O=C(NN=Cc1ccccc1C(=O)O)c1cnccn1. The van der Waals surface area contributed by atoms with E-state index < -0.39 is 11.9 Å². The molecule has 0 aliphatic heterocycles. The van der Waals surface area contributed by atoms with Crippen molar-refractivity contribution in [2.24, 2.45) is 5.10 Å². The molecule has 0 saturated carbocycles. The Bertz CT molecular complexity index is 656. The summed E-state index contributed by atoms with van der Waals surface area (Å²) in [6, 6.07) is 6.33. The van der Waals surface area contributed by atoms with Crippen LogP contribution in [-0.2, 0) is 0 Å². The maximum Gasteiger partial charge on any atom is 0.336 e. The summed E-state index contributed by atoms with van der Waals surface area (Å²) < 4.78 is 0. The van der Waals surface area contributed by atoms with Gasteiger partial charge in [-0.25, -0.2) is 15.2 Å². The van der Waals surface area contributed by atoms with Crippen LogP contribution in [0.15, 0.2) is 48.0 Å². The highest BCUT2D eigenvalue weighted by molar-refractivity contribution is 5.99. The van der Waals surface area contributed by atoms with Crippen molar-refractivity contribution in [1.29, 1.82) is 0 Å². The van der Waals surface area contributed by atoms with Gasteiger partial charge in [0.25, 0.3) is 5.91 Å². The van der Waals surface area contributed by atoms with Crippen LogP contribution in [0.4, 0.5) is 0 Å². The second-order valence-corrected chi connectivity index (χ2v) is 3.68. The van der Waals surface area contributed by atoms with E-state index in [1.807, 2.05) is 0 Å². The second kappa shape index (κ2) is 6.19. The number of benzene rings is 1. The summed E-state index contributed by atoms with van der Waals surface area (Å²) in [7, 11) is 0. The first-order chi connectivity index (χ1) is 9.68. The molecule has 0 aliphatic carbocycles. The molecule has 0 bridgehead atoms. The fraction of sp³-hybridized carbons (Fsp3) is 0. The van der Waals surface area contributed by atoms with Gasteiger partial charge in [0.05, 0.1) is 18.0 Å². The van der Waals surface area contributed by atoms with Gasteiger partial charge in [0.15, 0.2) is 0 Å². The summed E-state index contributed by atoms with van der Waals surface area (Å²) in [6.07, 6.45) is 5.40.